The minimum absolute atomic E-state index is 0.0187. The van der Waals surface area contributed by atoms with Gasteiger partial charge in [0.05, 0.1) is 12.6 Å². The number of nitrogens with one attached hydrogen (secondary N) is 1. The van der Waals surface area contributed by atoms with Crippen molar-refractivity contribution in [1.82, 2.24) is 4.98 Å². The van der Waals surface area contributed by atoms with Gasteiger partial charge in [0, 0.05) is 12.8 Å². The molecule has 0 aromatic carbocycles. The Labute approximate surface area is 97.6 Å². The van der Waals surface area contributed by atoms with E-state index in [9.17, 15) is 9.18 Å². The molecule has 0 radical (unpaired) electrons. The molecule has 92 valence electrons. The molecule has 17 heavy (non-hydrogen) atoms. The lowest BCUT2D eigenvalue weighted by atomic mass is 10.1. The summed E-state index contributed by atoms with van der Waals surface area (Å²) in [6, 6.07) is 1.12. The van der Waals surface area contributed by atoms with Crippen molar-refractivity contribution in [3.63, 3.8) is 0 Å². The lowest BCUT2D eigenvalue weighted by molar-refractivity contribution is 0.0691. The fraction of sp³-hybridized carbons (Fsp3) is 0.455. The Morgan fingerprint density at radius 3 is 3.12 bits per heavy atom. The van der Waals surface area contributed by atoms with E-state index < -0.39 is 11.8 Å². The maximum atomic E-state index is 13.7. The second-order valence-electron chi connectivity index (χ2n) is 3.88. The van der Waals surface area contributed by atoms with Crippen LogP contribution in [0.15, 0.2) is 12.3 Å². The molecule has 0 aliphatic carbocycles. The normalized spacial score (nSPS) is 19.9. The highest BCUT2D eigenvalue weighted by molar-refractivity contribution is 5.88. The van der Waals surface area contributed by atoms with E-state index in [1.54, 1.807) is 0 Å². The highest BCUT2D eigenvalue weighted by Gasteiger charge is 2.19. The van der Waals surface area contributed by atoms with Crippen molar-refractivity contribution in [1.29, 1.82) is 0 Å². The number of carboxylic acids is 1. The lowest BCUT2D eigenvalue weighted by Crippen LogP contribution is -2.31. The Morgan fingerprint density at radius 2 is 2.47 bits per heavy atom. The fourth-order valence-corrected chi connectivity index (χ4v) is 1.76. The SMILES string of the molecule is O=C(O)c1ccnc(NC2CCCOC2)c1F. The third kappa shape index (κ3) is 2.71. The number of hydrogen-bond donors (Lipinski definition) is 2. The zero-order chi connectivity index (χ0) is 12.3. The van der Waals surface area contributed by atoms with Crippen molar-refractivity contribution in [2.45, 2.75) is 18.9 Å². The van der Waals surface area contributed by atoms with Crippen molar-refractivity contribution in [2.75, 3.05) is 18.5 Å². The van der Waals surface area contributed by atoms with Crippen LogP contribution in [0.2, 0.25) is 0 Å². The van der Waals surface area contributed by atoms with Gasteiger partial charge in [0.25, 0.3) is 0 Å². The molecule has 0 bridgehead atoms. The van der Waals surface area contributed by atoms with E-state index in [4.69, 9.17) is 9.84 Å². The molecular weight excluding hydrogens is 227 g/mol. The first-order chi connectivity index (χ1) is 8.18. The topological polar surface area (TPSA) is 71.5 Å². The van der Waals surface area contributed by atoms with Gasteiger partial charge < -0.3 is 15.2 Å². The second-order valence-corrected chi connectivity index (χ2v) is 3.88. The summed E-state index contributed by atoms with van der Waals surface area (Å²) >= 11 is 0. The van der Waals surface area contributed by atoms with Gasteiger partial charge in [0.1, 0.15) is 5.56 Å². The van der Waals surface area contributed by atoms with Gasteiger partial charge >= 0.3 is 5.97 Å². The molecule has 5 nitrogen and oxygen atoms in total. The molecule has 1 aromatic heterocycles. The molecule has 2 heterocycles. The molecular formula is C11H13FN2O3. The lowest BCUT2D eigenvalue weighted by Gasteiger charge is -2.23. The van der Waals surface area contributed by atoms with Gasteiger partial charge in [-0.2, -0.15) is 0 Å². The third-order valence-corrected chi connectivity index (χ3v) is 2.62. The van der Waals surface area contributed by atoms with Crippen molar-refractivity contribution >= 4 is 11.8 Å². The number of rotatable bonds is 3. The molecule has 1 aliphatic rings. The molecule has 1 unspecified atom stereocenters. The number of halogens is 1. The first-order valence-corrected chi connectivity index (χ1v) is 5.40. The number of anilines is 1. The van der Waals surface area contributed by atoms with E-state index in [1.165, 1.54) is 6.20 Å². The van der Waals surface area contributed by atoms with E-state index in [2.05, 4.69) is 10.3 Å². The molecule has 6 heteroatoms. The van der Waals surface area contributed by atoms with Crippen LogP contribution in [0.1, 0.15) is 23.2 Å². The van der Waals surface area contributed by atoms with Crippen LogP contribution >= 0.6 is 0 Å². The predicted molar refractivity (Wildman–Crippen MR) is 58.6 cm³/mol. The van der Waals surface area contributed by atoms with Gasteiger partial charge in [-0.25, -0.2) is 14.2 Å². The number of hydrogen-bond acceptors (Lipinski definition) is 4. The van der Waals surface area contributed by atoms with Gasteiger partial charge in [0.15, 0.2) is 11.6 Å². The molecule has 2 N–H and O–H groups in total. The van der Waals surface area contributed by atoms with Gasteiger partial charge in [0.2, 0.25) is 0 Å². The number of nitrogens with zero attached hydrogens (tertiary/aromatic N) is 1. The van der Waals surface area contributed by atoms with Crippen molar-refractivity contribution < 1.29 is 19.0 Å². The highest BCUT2D eigenvalue weighted by atomic mass is 19.1. The maximum absolute atomic E-state index is 13.7. The van der Waals surface area contributed by atoms with Crippen LogP contribution in [0, 0.1) is 5.82 Å². The monoisotopic (exact) mass is 240 g/mol. The number of aromatic nitrogens is 1. The van der Waals surface area contributed by atoms with Crippen LogP contribution < -0.4 is 5.32 Å². The van der Waals surface area contributed by atoms with E-state index in [-0.39, 0.29) is 17.4 Å². The van der Waals surface area contributed by atoms with E-state index in [0.717, 1.165) is 18.9 Å². The second kappa shape index (κ2) is 5.09. The smallest absolute Gasteiger partial charge is 0.338 e. The number of carboxylic acid groups (broad SMARTS) is 1. The van der Waals surface area contributed by atoms with Crippen LogP contribution in [0.3, 0.4) is 0 Å². The summed E-state index contributed by atoms with van der Waals surface area (Å²) in [4.78, 5) is 14.6. The summed E-state index contributed by atoms with van der Waals surface area (Å²) in [6.07, 6.45) is 3.04. The highest BCUT2D eigenvalue weighted by Crippen LogP contribution is 2.18. The average molecular weight is 240 g/mol. The summed E-state index contributed by atoms with van der Waals surface area (Å²) in [7, 11) is 0. The van der Waals surface area contributed by atoms with Gasteiger partial charge in [-0.1, -0.05) is 0 Å². The number of aromatic carboxylic acids is 1. The fourth-order valence-electron chi connectivity index (χ4n) is 1.76. The Morgan fingerprint density at radius 1 is 1.65 bits per heavy atom. The molecule has 0 spiro atoms. The summed E-state index contributed by atoms with van der Waals surface area (Å²) in [5, 5.41) is 11.6. The first kappa shape index (κ1) is 11.8. The van der Waals surface area contributed by atoms with Crippen LogP contribution in [0.4, 0.5) is 10.2 Å². The number of pyridine rings is 1. The molecule has 1 atom stereocenters. The first-order valence-electron chi connectivity index (χ1n) is 5.40. The molecule has 1 saturated heterocycles. The summed E-state index contributed by atoms with van der Waals surface area (Å²) in [5.41, 5.74) is -0.376. The number of ether oxygens (including phenoxy) is 1. The molecule has 1 aromatic rings. The van der Waals surface area contributed by atoms with Crippen molar-refractivity contribution in [3.8, 4) is 0 Å². The maximum Gasteiger partial charge on any atom is 0.338 e. The summed E-state index contributed by atoms with van der Waals surface area (Å²) < 4.78 is 19.0. The van der Waals surface area contributed by atoms with Crippen molar-refractivity contribution in [3.05, 3.63) is 23.6 Å². The van der Waals surface area contributed by atoms with E-state index >= 15 is 0 Å². The Bertz CT molecular complexity index is 419. The third-order valence-electron chi connectivity index (χ3n) is 2.62. The van der Waals surface area contributed by atoms with Crippen LogP contribution in [-0.2, 0) is 4.74 Å². The number of carbonyl (C=O) groups is 1. The standard InChI is InChI=1S/C11H13FN2O3/c12-9-8(11(15)16)3-4-13-10(9)14-7-2-1-5-17-6-7/h3-4,7H,1-2,5-6H2,(H,13,14)(H,15,16). The van der Waals surface area contributed by atoms with Gasteiger partial charge in [-0.3, -0.25) is 0 Å². The van der Waals surface area contributed by atoms with Crippen LogP contribution in [0.25, 0.3) is 0 Å². The Kier molecular flexibility index (Phi) is 3.53. The quantitative estimate of drug-likeness (QED) is 0.837. The Hall–Kier alpha value is -1.69. The van der Waals surface area contributed by atoms with Crippen LogP contribution in [0.5, 0.6) is 0 Å². The zero-order valence-corrected chi connectivity index (χ0v) is 9.15. The summed E-state index contributed by atoms with van der Waals surface area (Å²) in [5.74, 6) is -2.15. The van der Waals surface area contributed by atoms with E-state index in [1.807, 2.05) is 0 Å². The van der Waals surface area contributed by atoms with Gasteiger partial charge in [-0.05, 0) is 18.9 Å². The molecule has 1 fully saturated rings. The predicted octanol–water partition coefficient (Wildman–Crippen LogP) is 1.51. The largest absolute Gasteiger partial charge is 0.478 e. The molecule has 1 aliphatic heterocycles. The van der Waals surface area contributed by atoms with Gasteiger partial charge in [-0.15, -0.1) is 0 Å². The van der Waals surface area contributed by atoms with Crippen LogP contribution in [-0.4, -0.2) is 35.3 Å². The summed E-state index contributed by atoms with van der Waals surface area (Å²) in [6.45, 7) is 1.20. The molecule has 0 saturated carbocycles. The Balaban J connectivity index is 2.15. The van der Waals surface area contributed by atoms with E-state index in [0.29, 0.717) is 13.2 Å². The zero-order valence-electron chi connectivity index (χ0n) is 9.15. The minimum atomic E-state index is -1.30. The molecule has 2 rings (SSSR count). The minimum Gasteiger partial charge on any atom is -0.478 e. The molecule has 0 amide bonds. The average Bonchev–Trinajstić information content (AvgIpc) is 2.33. The van der Waals surface area contributed by atoms with Crippen molar-refractivity contribution in [2.24, 2.45) is 0 Å².